The third kappa shape index (κ3) is 10.5. The standard InChI is InChI=1S/C23H42BN3O9P2/c1-9-32-38(30,33-10-2)23(26-17(7)28)21(34-18(8)29)19-14-20(22(24)35-19)36-37(31-13-11-12-25)27(15(3)4)16(5)6/h15-16,19-23H,9-11,13-14H2,1-8H3,(H,26,28)/t19-,20-,21?,22+,23?,37?/m0/s1. The second kappa shape index (κ2) is 16.9. The highest BCUT2D eigenvalue weighted by Crippen LogP contribution is 2.55. The van der Waals surface area contributed by atoms with Crippen LogP contribution in [0.3, 0.4) is 0 Å². The molecule has 1 aliphatic rings. The highest BCUT2D eigenvalue weighted by molar-refractivity contribution is 7.54. The van der Waals surface area contributed by atoms with Gasteiger partial charge in [-0.3, -0.25) is 14.2 Å². The van der Waals surface area contributed by atoms with Crippen LogP contribution in [0.1, 0.15) is 68.2 Å². The Labute approximate surface area is 229 Å². The Kier molecular flexibility index (Phi) is 15.5. The summed E-state index contributed by atoms with van der Waals surface area (Å²) in [5.41, 5.74) is 0. The quantitative estimate of drug-likeness (QED) is 0.117. The van der Waals surface area contributed by atoms with Crippen molar-refractivity contribution in [2.24, 2.45) is 0 Å². The van der Waals surface area contributed by atoms with E-state index in [1.165, 1.54) is 13.8 Å². The summed E-state index contributed by atoms with van der Waals surface area (Å²) in [4.78, 5) is 24.2. The van der Waals surface area contributed by atoms with E-state index in [2.05, 4.69) is 16.1 Å². The molecule has 1 saturated heterocycles. The average molecular weight is 577 g/mol. The third-order valence-electron chi connectivity index (χ3n) is 5.34. The summed E-state index contributed by atoms with van der Waals surface area (Å²) < 4.78 is 50.5. The number of hydrogen-bond acceptors (Lipinski definition) is 11. The van der Waals surface area contributed by atoms with Gasteiger partial charge in [-0.1, -0.05) is 0 Å². The van der Waals surface area contributed by atoms with Crippen molar-refractivity contribution < 1.29 is 41.7 Å². The predicted molar refractivity (Wildman–Crippen MR) is 143 cm³/mol. The van der Waals surface area contributed by atoms with Crippen LogP contribution in [-0.4, -0.2) is 86.4 Å². The van der Waals surface area contributed by atoms with Crippen molar-refractivity contribution in [3.63, 3.8) is 0 Å². The monoisotopic (exact) mass is 577 g/mol. The largest absolute Gasteiger partial charge is 0.457 e. The van der Waals surface area contributed by atoms with Crippen molar-refractivity contribution in [1.82, 2.24) is 9.99 Å². The normalized spacial score (nSPS) is 22.3. The van der Waals surface area contributed by atoms with E-state index in [9.17, 15) is 14.2 Å². The van der Waals surface area contributed by atoms with E-state index in [0.29, 0.717) is 0 Å². The van der Waals surface area contributed by atoms with Crippen LogP contribution >= 0.6 is 16.1 Å². The maximum Gasteiger partial charge on any atom is 0.356 e. The van der Waals surface area contributed by atoms with Gasteiger partial charge in [0.15, 0.2) is 11.9 Å². The lowest BCUT2D eigenvalue weighted by molar-refractivity contribution is -0.155. The molecule has 15 heteroatoms. The second-order valence-electron chi connectivity index (χ2n) is 9.16. The Bertz CT molecular complexity index is 827. The minimum Gasteiger partial charge on any atom is -0.457 e. The average Bonchev–Trinajstić information content (AvgIpc) is 3.15. The Hall–Kier alpha value is -1.09. The number of amides is 1. The van der Waals surface area contributed by atoms with Gasteiger partial charge in [-0.2, -0.15) is 5.26 Å². The first-order valence-corrected chi connectivity index (χ1v) is 15.5. The van der Waals surface area contributed by atoms with Crippen LogP contribution < -0.4 is 5.32 Å². The zero-order chi connectivity index (χ0) is 29.0. The number of esters is 1. The molecule has 38 heavy (non-hydrogen) atoms. The van der Waals surface area contributed by atoms with Crippen molar-refractivity contribution in [1.29, 1.82) is 5.26 Å². The molecule has 0 aromatic carbocycles. The van der Waals surface area contributed by atoms with Crippen LogP contribution in [0, 0.1) is 11.3 Å². The Morgan fingerprint density at radius 3 is 2.21 bits per heavy atom. The van der Waals surface area contributed by atoms with Crippen LogP contribution in [0.25, 0.3) is 0 Å². The molecule has 1 amide bonds. The summed E-state index contributed by atoms with van der Waals surface area (Å²) in [6.45, 7) is 14.0. The van der Waals surface area contributed by atoms with E-state index in [-0.39, 0.29) is 44.7 Å². The molecule has 0 aromatic heterocycles. The zero-order valence-corrected chi connectivity index (χ0v) is 25.4. The maximum absolute atomic E-state index is 13.7. The predicted octanol–water partition coefficient (Wildman–Crippen LogP) is 3.59. The lowest BCUT2D eigenvalue weighted by Gasteiger charge is -2.37. The number of carbonyl (C=O) groups excluding carboxylic acids is 2. The number of ether oxygens (including phenoxy) is 2. The Balaban J connectivity index is 3.33. The SMILES string of the molecule is [B][C@@H]1O[C@H](C(OC(C)=O)C(NC(C)=O)P(=O)(OCC)OCC)C[C@@H]1OP(OCCC#N)N(C(C)C)C(C)C. The van der Waals surface area contributed by atoms with E-state index in [0.717, 1.165) is 0 Å². The fourth-order valence-corrected chi connectivity index (χ4v) is 7.89. The molecule has 0 aromatic rings. The van der Waals surface area contributed by atoms with Gasteiger partial charge < -0.3 is 32.9 Å². The van der Waals surface area contributed by atoms with Crippen molar-refractivity contribution in [2.75, 3.05) is 19.8 Å². The molecule has 1 aliphatic heterocycles. The fourth-order valence-electron chi connectivity index (χ4n) is 4.08. The van der Waals surface area contributed by atoms with Crippen molar-refractivity contribution >= 4 is 35.8 Å². The first kappa shape index (κ1) is 34.9. The molecule has 0 spiro atoms. The van der Waals surface area contributed by atoms with Crippen LogP contribution in [0.4, 0.5) is 0 Å². The molecule has 216 valence electrons. The van der Waals surface area contributed by atoms with Crippen LogP contribution in [0.15, 0.2) is 0 Å². The molecule has 2 radical (unpaired) electrons. The van der Waals surface area contributed by atoms with E-state index < -0.39 is 58.1 Å². The lowest BCUT2D eigenvalue weighted by Crippen LogP contribution is -2.50. The van der Waals surface area contributed by atoms with Gasteiger partial charge in [0.05, 0.1) is 44.5 Å². The highest BCUT2D eigenvalue weighted by Gasteiger charge is 2.51. The summed E-state index contributed by atoms with van der Waals surface area (Å²) in [6.07, 6.45) is -2.52. The van der Waals surface area contributed by atoms with Crippen molar-refractivity contribution in [3.05, 3.63) is 0 Å². The number of hydrogen-bond donors (Lipinski definition) is 1. The van der Waals surface area contributed by atoms with E-state index >= 15 is 0 Å². The molecule has 0 bridgehead atoms. The molecule has 1 fully saturated rings. The molecular weight excluding hydrogens is 535 g/mol. The molecule has 3 unspecified atom stereocenters. The number of carbonyl (C=O) groups is 2. The summed E-state index contributed by atoms with van der Waals surface area (Å²) in [6, 6.07) is 1.25. The molecule has 12 nitrogen and oxygen atoms in total. The number of nitriles is 1. The fraction of sp³-hybridized carbons (Fsp3) is 0.870. The second-order valence-corrected chi connectivity index (χ2v) is 12.7. The summed E-state index contributed by atoms with van der Waals surface area (Å²) in [5, 5.41) is 11.5. The lowest BCUT2D eigenvalue weighted by atomic mass is 9.94. The molecule has 1 N–H and O–H groups in total. The minimum atomic E-state index is -4.01. The van der Waals surface area contributed by atoms with Gasteiger partial charge in [-0.25, -0.2) is 4.67 Å². The van der Waals surface area contributed by atoms with Crippen molar-refractivity contribution in [3.8, 4) is 6.07 Å². The van der Waals surface area contributed by atoms with Crippen LogP contribution in [-0.2, 0) is 41.7 Å². The van der Waals surface area contributed by atoms with Gasteiger partial charge in [-0.05, 0) is 41.5 Å². The smallest absolute Gasteiger partial charge is 0.356 e. The molecule has 0 saturated carbocycles. The zero-order valence-electron chi connectivity index (χ0n) is 23.6. The number of nitrogens with one attached hydrogen (secondary N) is 1. The molecule has 1 rings (SSSR count). The summed E-state index contributed by atoms with van der Waals surface area (Å²) >= 11 is 0. The topological polar surface area (TPSA) is 146 Å². The van der Waals surface area contributed by atoms with Crippen LogP contribution in [0.5, 0.6) is 0 Å². The van der Waals surface area contributed by atoms with Gasteiger partial charge in [-0.15, -0.1) is 0 Å². The van der Waals surface area contributed by atoms with Gasteiger partial charge >= 0.3 is 13.6 Å². The number of rotatable bonds is 17. The summed E-state index contributed by atoms with van der Waals surface area (Å²) in [5.74, 6) is -2.56. The van der Waals surface area contributed by atoms with E-state index in [1.807, 2.05) is 27.7 Å². The first-order chi connectivity index (χ1) is 17.8. The van der Waals surface area contributed by atoms with Crippen LogP contribution in [0.2, 0.25) is 0 Å². The van der Waals surface area contributed by atoms with Gasteiger partial charge in [0.1, 0.15) is 7.85 Å². The van der Waals surface area contributed by atoms with E-state index in [1.54, 1.807) is 13.8 Å². The molecule has 0 aliphatic carbocycles. The van der Waals surface area contributed by atoms with Gasteiger partial charge in [0.25, 0.3) is 8.53 Å². The minimum absolute atomic E-state index is 0.0293. The Morgan fingerprint density at radius 2 is 1.76 bits per heavy atom. The van der Waals surface area contributed by atoms with E-state index in [4.69, 9.17) is 40.7 Å². The first-order valence-electron chi connectivity index (χ1n) is 12.8. The molecule has 6 atom stereocenters. The Morgan fingerprint density at radius 1 is 1.18 bits per heavy atom. The third-order valence-corrected chi connectivity index (χ3v) is 9.84. The van der Waals surface area contributed by atoms with Gasteiger partial charge in [0, 0.05) is 38.4 Å². The summed E-state index contributed by atoms with van der Waals surface area (Å²) in [7, 11) is 0.663. The maximum atomic E-state index is 13.7. The highest BCUT2D eigenvalue weighted by atomic mass is 31.2. The number of nitrogens with zero attached hydrogens (tertiary/aromatic N) is 2. The molecular formula is C23H42BN3O9P2. The molecule has 1 heterocycles. The van der Waals surface area contributed by atoms with Gasteiger partial charge in [0.2, 0.25) is 5.91 Å². The van der Waals surface area contributed by atoms with Crippen molar-refractivity contribution in [2.45, 2.75) is 110 Å².